The van der Waals surface area contributed by atoms with Gasteiger partial charge >= 0.3 is 0 Å². The summed E-state index contributed by atoms with van der Waals surface area (Å²) < 4.78 is 0. The molecule has 18 heavy (non-hydrogen) atoms. The summed E-state index contributed by atoms with van der Waals surface area (Å²) in [4.78, 5) is 0. The molecular formula is C17H35N. The first-order valence-electron chi connectivity index (χ1n) is 8.40. The fourth-order valence-corrected chi connectivity index (χ4v) is 3.46. The van der Waals surface area contributed by atoms with E-state index in [9.17, 15) is 0 Å². The first-order valence-corrected chi connectivity index (χ1v) is 8.40. The fourth-order valence-electron chi connectivity index (χ4n) is 3.46. The molecule has 0 bridgehead atoms. The van der Waals surface area contributed by atoms with Crippen molar-refractivity contribution >= 4 is 0 Å². The van der Waals surface area contributed by atoms with Crippen LogP contribution in [0.5, 0.6) is 0 Å². The molecule has 3 atom stereocenters. The molecule has 0 aliphatic heterocycles. The number of nitrogens with one attached hydrogen (secondary N) is 1. The topological polar surface area (TPSA) is 12.0 Å². The first kappa shape index (κ1) is 16.0. The van der Waals surface area contributed by atoms with Gasteiger partial charge in [-0.15, -0.1) is 0 Å². The maximum absolute atomic E-state index is 3.67. The maximum Gasteiger partial charge on any atom is 0.00104 e. The van der Waals surface area contributed by atoms with Crippen LogP contribution in [-0.4, -0.2) is 12.6 Å². The molecule has 1 nitrogen and oxygen atoms in total. The largest absolute Gasteiger partial charge is 0.314 e. The van der Waals surface area contributed by atoms with E-state index in [4.69, 9.17) is 0 Å². The number of unbranched alkanes of at least 4 members (excludes halogenated alkanes) is 2. The summed E-state index contributed by atoms with van der Waals surface area (Å²) in [6.07, 6.45) is 11.6. The Hall–Kier alpha value is -0.0400. The normalized spacial score (nSPS) is 28.8. The van der Waals surface area contributed by atoms with Crippen LogP contribution < -0.4 is 5.32 Å². The summed E-state index contributed by atoms with van der Waals surface area (Å²) in [5.41, 5.74) is 0. The molecule has 1 saturated carbocycles. The quantitative estimate of drug-likeness (QED) is 0.600. The third kappa shape index (κ3) is 5.73. The van der Waals surface area contributed by atoms with Gasteiger partial charge in [0, 0.05) is 6.04 Å². The summed E-state index contributed by atoms with van der Waals surface area (Å²) in [5.74, 6) is 2.97. The van der Waals surface area contributed by atoms with Crippen molar-refractivity contribution in [3.63, 3.8) is 0 Å². The van der Waals surface area contributed by atoms with E-state index in [1.807, 2.05) is 0 Å². The number of hydrogen-bond acceptors (Lipinski definition) is 1. The van der Waals surface area contributed by atoms with Gasteiger partial charge in [-0.1, -0.05) is 66.2 Å². The van der Waals surface area contributed by atoms with E-state index in [1.165, 1.54) is 57.9 Å². The molecule has 108 valence electrons. The zero-order valence-electron chi connectivity index (χ0n) is 13.2. The summed E-state index contributed by atoms with van der Waals surface area (Å²) in [6.45, 7) is 10.5. The SMILES string of the molecule is CCCCCC1CC(CC)CCC1CNC(C)C. The van der Waals surface area contributed by atoms with Gasteiger partial charge in [-0.3, -0.25) is 0 Å². The Morgan fingerprint density at radius 1 is 1.06 bits per heavy atom. The van der Waals surface area contributed by atoms with Gasteiger partial charge in [0.1, 0.15) is 0 Å². The highest BCUT2D eigenvalue weighted by Gasteiger charge is 2.29. The summed E-state index contributed by atoms with van der Waals surface area (Å²) >= 11 is 0. The van der Waals surface area contributed by atoms with Gasteiger partial charge in [0.15, 0.2) is 0 Å². The second kappa shape index (κ2) is 8.96. The fraction of sp³-hybridized carbons (Fsp3) is 1.00. The maximum atomic E-state index is 3.67. The highest BCUT2D eigenvalue weighted by Crippen LogP contribution is 2.38. The van der Waals surface area contributed by atoms with Crippen molar-refractivity contribution in [3.8, 4) is 0 Å². The second-order valence-electron chi connectivity index (χ2n) is 6.67. The van der Waals surface area contributed by atoms with E-state index in [2.05, 4.69) is 33.0 Å². The molecular weight excluding hydrogens is 218 g/mol. The predicted molar refractivity (Wildman–Crippen MR) is 81.9 cm³/mol. The van der Waals surface area contributed by atoms with Crippen LogP contribution in [0.25, 0.3) is 0 Å². The molecule has 0 aromatic rings. The highest BCUT2D eigenvalue weighted by atomic mass is 14.9. The zero-order valence-corrected chi connectivity index (χ0v) is 13.2. The molecule has 0 spiro atoms. The third-order valence-corrected chi connectivity index (χ3v) is 4.79. The van der Waals surface area contributed by atoms with E-state index in [0.29, 0.717) is 6.04 Å². The molecule has 1 heteroatoms. The Bertz CT molecular complexity index is 200. The Labute approximate surface area is 115 Å². The lowest BCUT2D eigenvalue weighted by Gasteiger charge is -2.36. The highest BCUT2D eigenvalue weighted by molar-refractivity contribution is 4.81. The van der Waals surface area contributed by atoms with Crippen molar-refractivity contribution in [2.75, 3.05) is 6.54 Å². The number of rotatable bonds is 8. The molecule has 0 radical (unpaired) electrons. The minimum atomic E-state index is 0.644. The first-order chi connectivity index (χ1) is 8.67. The lowest BCUT2D eigenvalue weighted by atomic mass is 9.71. The van der Waals surface area contributed by atoms with Crippen LogP contribution in [-0.2, 0) is 0 Å². The summed E-state index contributed by atoms with van der Waals surface area (Å²) in [5, 5.41) is 3.67. The van der Waals surface area contributed by atoms with Gasteiger partial charge in [0.05, 0.1) is 0 Å². The average molecular weight is 253 g/mol. The monoisotopic (exact) mass is 253 g/mol. The van der Waals surface area contributed by atoms with Crippen molar-refractivity contribution in [2.45, 2.75) is 85.1 Å². The van der Waals surface area contributed by atoms with Crippen LogP contribution >= 0.6 is 0 Å². The van der Waals surface area contributed by atoms with E-state index in [-0.39, 0.29) is 0 Å². The van der Waals surface area contributed by atoms with Crippen molar-refractivity contribution in [3.05, 3.63) is 0 Å². The second-order valence-corrected chi connectivity index (χ2v) is 6.67. The molecule has 1 aliphatic rings. The van der Waals surface area contributed by atoms with Crippen LogP contribution in [0.3, 0.4) is 0 Å². The Morgan fingerprint density at radius 3 is 2.44 bits per heavy atom. The molecule has 0 saturated heterocycles. The molecule has 0 heterocycles. The van der Waals surface area contributed by atoms with Crippen LogP contribution in [0.4, 0.5) is 0 Å². The van der Waals surface area contributed by atoms with Gasteiger partial charge in [-0.05, 0) is 37.1 Å². The third-order valence-electron chi connectivity index (χ3n) is 4.79. The Balaban J connectivity index is 2.40. The van der Waals surface area contributed by atoms with Crippen LogP contribution in [0.15, 0.2) is 0 Å². The van der Waals surface area contributed by atoms with E-state index in [1.54, 1.807) is 0 Å². The molecule has 0 amide bonds. The minimum absolute atomic E-state index is 0.644. The van der Waals surface area contributed by atoms with E-state index >= 15 is 0 Å². The lowest BCUT2D eigenvalue weighted by Crippen LogP contribution is -2.36. The molecule has 1 N–H and O–H groups in total. The van der Waals surface area contributed by atoms with Gasteiger partial charge < -0.3 is 5.32 Å². The molecule has 1 fully saturated rings. The zero-order chi connectivity index (χ0) is 13.4. The molecule has 1 aliphatic carbocycles. The van der Waals surface area contributed by atoms with Crippen LogP contribution in [0.1, 0.15) is 79.1 Å². The van der Waals surface area contributed by atoms with Crippen molar-refractivity contribution < 1.29 is 0 Å². The van der Waals surface area contributed by atoms with Gasteiger partial charge in [-0.2, -0.15) is 0 Å². The molecule has 1 rings (SSSR count). The smallest absolute Gasteiger partial charge is 0.00104 e. The van der Waals surface area contributed by atoms with Crippen molar-refractivity contribution in [1.82, 2.24) is 5.32 Å². The van der Waals surface area contributed by atoms with Crippen molar-refractivity contribution in [1.29, 1.82) is 0 Å². The van der Waals surface area contributed by atoms with Crippen molar-refractivity contribution in [2.24, 2.45) is 17.8 Å². The lowest BCUT2D eigenvalue weighted by molar-refractivity contribution is 0.158. The Kier molecular flexibility index (Phi) is 7.97. The minimum Gasteiger partial charge on any atom is -0.314 e. The predicted octanol–water partition coefficient (Wildman–Crippen LogP) is 5.01. The van der Waals surface area contributed by atoms with Gasteiger partial charge in [-0.25, -0.2) is 0 Å². The average Bonchev–Trinajstić information content (AvgIpc) is 2.37. The Morgan fingerprint density at radius 2 is 1.83 bits per heavy atom. The molecule has 0 aromatic heterocycles. The standard InChI is InChI=1S/C17H35N/c1-5-7-8-9-16-12-15(6-2)10-11-17(16)13-18-14(3)4/h14-18H,5-13H2,1-4H3. The molecule has 3 unspecified atom stereocenters. The van der Waals surface area contributed by atoms with E-state index < -0.39 is 0 Å². The van der Waals surface area contributed by atoms with Crippen LogP contribution in [0.2, 0.25) is 0 Å². The van der Waals surface area contributed by atoms with Gasteiger partial charge in [0.25, 0.3) is 0 Å². The summed E-state index contributed by atoms with van der Waals surface area (Å²) in [7, 11) is 0. The van der Waals surface area contributed by atoms with E-state index in [0.717, 1.165) is 17.8 Å². The number of hydrogen-bond donors (Lipinski definition) is 1. The van der Waals surface area contributed by atoms with Gasteiger partial charge in [0.2, 0.25) is 0 Å². The molecule has 0 aromatic carbocycles. The van der Waals surface area contributed by atoms with Crippen LogP contribution in [0, 0.1) is 17.8 Å². The summed E-state index contributed by atoms with van der Waals surface area (Å²) in [6, 6.07) is 0.644.